The van der Waals surface area contributed by atoms with E-state index in [1.165, 1.54) is 12.1 Å². The summed E-state index contributed by atoms with van der Waals surface area (Å²) in [6.07, 6.45) is -4.06. The van der Waals surface area contributed by atoms with Gasteiger partial charge in [0.1, 0.15) is 5.56 Å². The van der Waals surface area contributed by atoms with Gasteiger partial charge in [-0.25, -0.2) is 4.68 Å². The van der Waals surface area contributed by atoms with E-state index in [9.17, 15) is 18.0 Å². The molecule has 2 aromatic rings. The summed E-state index contributed by atoms with van der Waals surface area (Å²) in [6, 6.07) is 6.12. The summed E-state index contributed by atoms with van der Waals surface area (Å²) in [5.74, 6) is 0. The fourth-order valence-corrected chi connectivity index (χ4v) is 1.61. The van der Waals surface area contributed by atoms with Crippen LogP contribution in [0.5, 0.6) is 0 Å². The number of hydrogen-bond donors (Lipinski definition) is 1. The van der Waals surface area contributed by atoms with Crippen molar-refractivity contribution in [3.05, 3.63) is 51.4 Å². The molecule has 90 valence electrons. The molecule has 1 aromatic carbocycles. The van der Waals surface area contributed by atoms with Gasteiger partial charge in [-0.2, -0.15) is 13.2 Å². The Bertz CT molecular complexity index is 600. The van der Waals surface area contributed by atoms with Crippen LogP contribution in [0.3, 0.4) is 0 Å². The molecule has 0 saturated carbocycles. The Hall–Kier alpha value is -1.69. The van der Waals surface area contributed by atoms with Crippen molar-refractivity contribution in [1.29, 1.82) is 0 Å². The highest BCUT2D eigenvalue weighted by Gasteiger charge is 2.35. The lowest BCUT2D eigenvalue weighted by Gasteiger charge is -2.03. The van der Waals surface area contributed by atoms with Crippen molar-refractivity contribution in [2.24, 2.45) is 0 Å². The number of benzene rings is 1. The Morgan fingerprint density at radius 1 is 1.24 bits per heavy atom. The van der Waals surface area contributed by atoms with Gasteiger partial charge in [0.25, 0.3) is 5.56 Å². The van der Waals surface area contributed by atoms with E-state index in [2.05, 4.69) is 5.10 Å². The Morgan fingerprint density at radius 3 is 2.41 bits per heavy atom. The molecular weight excluding hydrogens is 257 g/mol. The Kier molecular flexibility index (Phi) is 2.74. The first-order valence-corrected chi connectivity index (χ1v) is 4.91. The van der Waals surface area contributed by atoms with Crippen LogP contribution in [0.25, 0.3) is 5.69 Å². The monoisotopic (exact) mass is 262 g/mol. The molecule has 7 heteroatoms. The zero-order valence-corrected chi connectivity index (χ0v) is 9.01. The summed E-state index contributed by atoms with van der Waals surface area (Å²) < 4.78 is 38.0. The van der Waals surface area contributed by atoms with Crippen LogP contribution in [-0.4, -0.2) is 9.78 Å². The molecule has 0 amide bonds. The number of aromatic amines is 1. The Balaban J connectivity index is 2.61. The van der Waals surface area contributed by atoms with Crippen molar-refractivity contribution >= 4 is 11.6 Å². The van der Waals surface area contributed by atoms with Crippen LogP contribution < -0.4 is 5.56 Å². The number of alkyl halides is 3. The summed E-state index contributed by atoms with van der Waals surface area (Å²) in [7, 11) is 0. The van der Waals surface area contributed by atoms with Gasteiger partial charge in [-0.1, -0.05) is 23.7 Å². The number of aromatic nitrogens is 2. The van der Waals surface area contributed by atoms with E-state index in [1.54, 1.807) is 12.1 Å². The highest BCUT2D eigenvalue weighted by atomic mass is 35.5. The van der Waals surface area contributed by atoms with E-state index < -0.39 is 17.3 Å². The first-order chi connectivity index (χ1) is 7.91. The van der Waals surface area contributed by atoms with Crippen LogP contribution in [-0.2, 0) is 6.18 Å². The topological polar surface area (TPSA) is 37.8 Å². The second kappa shape index (κ2) is 3.96. The minimum Gasteiger partial charge on any atom is -0.298 e. The molecular formula is C10H6ClF3N2O. The number of nitrogens with one attached hydrogen (secondary N) is 1. The standard InChI is InChI=1S/C10H6ClF3N2O/c11-7-3-1-2-4-8(7)16-9(17)6(5-15-16)10(12,13)14/h1-5,15H. The van der Waals surface area contributed by atoms with E-state index in [0.29, 0.717) is 6.20 Å². The van der Waals surface area contributed by atoms with Gasteiger partial charge in [0.05, 0.1) is 10.7 Å². The largest absolute Gasteiger partial charge is 0.423 e. The van der Waals surface area contributed by atoms with Gasteiger partial charge in [-0.3, -0.25) is 9.89 Å². The molecule has 1 N–H and O–H groups in total. The number of H-pyrrole nitrogens is 1. The van der Waals surface area contributed by atoms with Gasteiger partial charge in [0.15, 0.2) is 0 Å². The van der Waals surface area contributed by atoms with Crippen molar-refractivity contribution in [1.82, 2.24) is 9.78 Å². The number of nitrogens with zero attached hydrogens (tertiary/aromatic N) is 1. The van der Waals surface area contributed by atoms with Gasteiger partial charge in [0, 0.05) is 6.20 Å². The number of rotatable bonds is 1. The fourth-order valence-electron chi connectivity index (χ4n) is 1.39. The molecule has 3 nitrogen and oxygen atoms in total. The lowest BCUT2D eigenvalue weighted by molar-refractivity contribution is -0.138. The number of hydrogen-bond acceptors (Lipinski definition) is 1. The van der Waals surface area contributed by atoms with Crippen LogP contribution in [0.15, 0.2) is 35.3 Å². The molecule has 0 aliphatic rings. The minimum atomic E-state index is -4.68. The zero-order chi connectivity index (χ0) is 12.6. The van der Waals surface area contributed by atoms with E-state index in [0.717, 1.165) is 4.68 Å². The first-order valence-electron chi connectivity index (χ1n) is 4.54. The van der Waals surface area contributed by atoms with Gasteiger partial charge in [-0.05, 0) is 12.1 Å². The third-order valence-electron chi connectivity index (χ3n) is 2.17. The van der Waals surface area contributed by atoms with Crippen molar-refractivity contribution in [3.8, 4) is 5.69 Å². The Labute approximate surface area is 98.4 Å². The zero-order valence-electron chi connectivity index (χ0n) is 8.25. The summed E-state index contributed by atoms with van der Waals surface area (Å²) >= 11 is 5.79. The predicted molar refractivity (Wildman–Crippen MR) is 56.4 cm³/mol. The maximum atomic E-state index is 12.4. The molecule has 0 unspecified atom stereocenters. The third-order valence-corrected chi connectivity index (χ3v) is 2.49. The third kappa shape index (κ3) is 2.08. The normalized spacial score (nSPS) is 11.8. The average Bonchev–Trinajstić information content (AvgIpc) is 2.60. The molecule has 0 atom stereocenters. The van der Waals surface area contributed by atoms with Gasteiger partial charge in [-0.15, -0.1) is 0 Å². The molecule has 1 aromatic heterocycles. The highest BCUT2D eigenvalue weighted by Crippen LogP contribution is 2.27. The van der Waals surface area contributed by atoms with Crippen molar-refractivity contribution in [3.63, 3.8) is 0 Å². The highest BCUT2D eigenvalue weighted by molar-refractivity contribution is 6.32. The van der Waals surface area contributed by atoms with Crippen molar-refractivity contribution < 1.29 is 13.2 Å². The van der Waals surface area contributed by atoms with Crippen LogP contribution >= 0.6 is 11.6 Å². The summed E-state index contributed by atoms with van der Waals surface area (Å²) in [5.41, 5.74) is -2.25. The van der Waals surface area contributed by atoms with Crippen LogP contribution in [0, 0.1) is 0 Å². The SMILES string of the molecule is O=c1c(C(F)(F)F)c[nH]n1-c1ccccc1Cl. The van der Waals surface area contributed by atoms with Gasteiger partial charge in [0.2, 0.25) is 0 Å². The molecule has 2 rings (SSSR count). The molecule has 0 radical (unpaired) electrons. The van der Waals surface area contributed by atoms with Crippen LogP contribution in [0.1, 0.15) is 5.56 Å². The molecule has 0 aliphatic heterocycles. The predicted octanol–water partition coefficient (Wildman–Crippen LogP) is 2.84. The summed E-state index contributed by atoms with van der Waals surface area (Å²) in [5, 5.41) is 2.42. The Morgan fingerprint density at radius 2 is 1.88 bits per heavy atom. The minimum absolute atomic E-state index is 0.176. The molecule has 0 fully saturated rings. The molecule has 17 heavy (non-hydrogen) atoms. The maximum absolute atomic E-state index is 12.4. The maximum Gasteiger partial charge on any atom is 0.423 e. The smallest absolute Gasteiger partial charge is 0.298 e. The fraction of sp³-hybridized carbons (Fsp3) is 0.100. The molecule has 0 aliphatic carbocycles. The van der Waals surface area contributed by atoms with E-state index in [1.807, 2.05) is 0 Å². The van der Waals surface area contributed by atoms with Gasteiger partial charge >= 0.3 is 6.18 Å². The molecule has 0 saturated heterocycles. The van der Waals surface area contributed by atoms with Crippen LogP contribution in [0.2, 0.25) is 5.02 Å². The quantitative estimate of drug-likeness (QED) is 0.843. The van der Waals surface area contributed by atoms with E-state index >= 15 is 0 Å². The second-order valence-corrected chi connectivity index (χ2v) is 3.68. The van der Waals surface area contributed by atoms with Crippen molar-refractivity contribution in [2.45, 2.75) is 6.18 Å². The lowest BCUT2D eigenvalue weighted by atomic mass is 10.3. The molecule has 1 heterocycles. The van der Waals surface area contributed by atoms with Crippen LogP contribution in [0.4, 0.5) is 13.2 Å². The van der Waals surface area contributed by atoms with Crippen molar-refractivity contribution in [2.75, 3.05) is 0 Å². The number of para-hydroxylation sites is 1. The molecule has 0 bridgehead atoms. The van der Waals surface area contributed by atoms with E-state index in [-0.39, 0.29) is 10.7 Å². The molecule has 0 spiro atoms. The second-order valence-electron chi connectivity index (χ2n) is 3.28. The average molecular weight is 263 g/mol. The van der Waals surface area contributed by atoms with E-state index in [4.69, 9.17) is 11.6 Å². The lowest BCUT2D eigenvalue weighted by Crippen LogP contribution is -2.22. The van der Waals surface area contributed by atoms with Gasteiger partial charge < -0.3 is 0 Å². The summed E-state index contributed by atoms with van der Waals surface area (Å²) in [6.45, 7) is 0. The first kappa shape index (κ1) is 11.8. The summed E-state index contributed by atoms with van der Waals surface area (Å²) in [4.78, 5) is 11.5. The number of halogens is 4.